The summed E-state index contributed by atoms with van der Waals surface area (Å²) in [6.07, 6.45) is 0. The van der Waals surface area contributed by atoms with Gasteiger partial charge < -0.3 is 0 Å². The molecule has 0 unspecified atom stereocenters. The van der Waals surface area contributed by atoms with Crippen molar-refractivity contribution in [1.82, 2.24) is 43.1 Å². The minimum atomic E-state index is -2.32. The number of para-hydroxylation sites is 10. The third-order valence-corrected chi connectivity index (χ3v) is 41.8. The Bertz CT molecular complexity index is 8110. The van der Waals surface area contributed by atoms with Crippen molar-refractivity contribution in [2.45, 2.75) is 0 Å². The molecule has 0 bridgehead atoms. The number of benzene rings is 15. The predicted molar refractivity (Wildman–Crippen MR) is 504 cm³/mol. The Balaban J connectivity index is 0.000000106. The first kappa shape index (κ1) is 71.1. The Labute approximate surface area is 692 Å². The first-order valence-electron chi connectivity index (χ1n) is 38.9. The molecule has 0 saturated heterocycles. The molecule has 0 amide bonds. The Morgan fingerprint density at radius 2 is 0.556 bits per heavy atom. The van der Waals surface area contributed by atoms with Crippen molar-refractivity contribution in [2.24, 2.45) is 0 Å². The second-order valence-corrected chi connectivity index (χ2v) is 46.2. The average molecular weight is 1700 g/mol. The van der Waals surface area contributed by atoms with E-state index in [4.69, 9.17) is 41.7 Å². The van der Waals surface area contributed by atoms with Gasteiger partial charge in [0.1, 0.15) is 5.65 Å². The molecule has 9 nitrogen and oxygen atoms in total. The molecule has 24 rings (SSSR count). The quantitative estimate of drug-likeness (QED) is 0.0615. The van der Waals surface area contributed by atoms with Gasteiger partial charge in [0, 0.05) is 22.2 Å². The van der Waals surface area contributed by atoms with Crippen molar-refractivity contribution in [2.75, 3.05) is 0 Å². The molecule has 552 valence electrons. The number of aromatic nitrogens is 9. The van der Waals surface area contributed by atoms with Crippen LogP contribution in [0.3, 0.4) is 0 Å². The molecule has 0 atom stereocenters. The van der Waals surface area contributed by atoms with Gasteiger partial charge in [0.25, 0.3) is 0 Å². The fraction of sp³-hybridized carbons (Fsp3) is 0. The van der Waals surface area contributed by atoms with E-state index in [1.54, 1.807) is 0 Å². The van der Waals surface area contributed by atoms with Gasteiger partial charge in [0.2, 0.25) is 0 Å². The van der Waals surface area contributed by atoms with Crippen LogP contribution in [0.25, 0.3) is 148 Å². The topological polar surface area (TPSA) is 90.6 Å². The van der Waals surface area contributed by atoms with Crippen molar-refractivity contribution in [3.63, 3.8) is 0 Å². The van der Waals surface area contributed by atoms with Crippen LogP contribution in [-0.2, 0) is 11.8 Å². The number of rotatable bonds is 9. The Hall–Kier alpha value is -12.5. The summed E-state index contributed by atoms with van der Waals surface area (Å²) in [6.45, 7) is 0. The zero-order valence-corrected chi connectivity index (χ0v) is 69.6. The number of hydrogen-bond donors (Lipinski definition) is 0. The monoisotopic (exact) mass is 1700 g/mol. The van der Waals surface area contributed by atoms with Crippen molar-refractivity contribution < 1.29 is 0 Å². The maximum absolute atomic E-state index is 6.69. The Morgan fingerprint density at radius 1 is 0.214 bits per heavy atom. The molecule has 0 N–H and O–H groups in total. The van der Waals surface area contributed by atoms with Crippen LogP contribution >= 0.6 is 17.1 Å². The van der Waals surface area contributed by atoms with Crippen LogP contribution in [0, 0.1) is 0 Å². The van der Waals surface area contributed by atoms with Gasteiger partial charge in [-0.3, -0.25) is 4.40 Å². The molecular weight excluding hydrogens is 1630 g/mol. The molecule has 0 aliphatic heterocycles. The van der Waals surface area contributed by atoms with E-state index in [2.05, 4.69) is 432 Å². The van der Waals surface area contributed by atoms with Crippen molar-refractivity contribution >= 4 is 255 Å². The molecule has 0 radical (unpaired) electrons. The standard InChI is InChI=1S/C34H22N3PS.2C34H22N3PSe/c39-38(24-12-3-1-4-13-24,25-14-5-2-6-15-25)26-19-20-27-32(22-26)37-31-18-10-9-17-30(31)36-34(37)28-21-23-11-7-8-16-29(23)35-33(27)28;39-38(24-13-3-1-4-14-24,25-15-5-2-6-16-25)31-21-11-17-26-32-27(22-23-12-7-8-18-28(23)35-32)34-36-29-19-9-10-20-30(29)37(34)33(26)31;39-38(24-12-3-1-4-13-24,25-14-5-2-6-15-25)26-19-20-31-27(22-26)33-28(21-23-11-7-8-16-29(23)35-33)34-36-30-17-9-10-18-32(30)37(31)34/h3*1-22H. The predicted octanol–water partition coefficient (Wildman–Crippen LogP) is 20.5. The molecule has 15 aromatic carbocycles. The van der Waals surface area contributed by atoms with E-state index >= 15 is 0 Å². The summed E-state index contributed by atoms with van der Waals surface area (Å²) in [5.74, 6) is 0. The molecule has 9 aromatic heterocycles. The van der Waals surface area contributed by atoms with Gasteiger partial charge >= 0.3 is 467 Å². The van der Waals surface area contributed by atoms with Gasteiger partial charge in [0.15, 0.2) is 0 Å². The van der Waals surface area contributed by atoms with E-state index in [0.717, 1.165) is 153 Å². The molecule has 117 heavy (non-hydrogen) atoms. The molecule has 15 heteroatoms. The van der Waals surface area contributed by atoms with Crippen molar-refractivity contribution in [1.29, 1.82) is 0 Å². The van der Waals surface area contributed by atoms with E-state index in [0.29, 0.717) is 0 Å². The van der Waals surface area contributed by atoms with Gasteiger partial charge in [-0.2, -0.15) is 0 Å². The summed E-state index contributed by atoms with van der Waals surface area (Å²) in [4.78, 5) is 31.1. The number of pyridine rings is 6. The Kier molecular flexibility index (Phi) is 17.5. The first-order chi connectivity index (χ1) is 57.7. The summed E-state index contributed by atoms with van der Waals surface area (Å²) < 4.78 is 6.97. The molecular formula is C102H66N9P3SSe2. The van der Waals surface area contributed by atoms with Crippen LogP contribution in [-0.4, -0.2) is 73.3 Å². The number of fused-ring (bicyclic) bond motifs is 27. The van der Waals surface area contributed by atoms with E-state index in [1.165, 1.54) is 42.4 Å². The fourth-order valence-corrected chi connectivity index (χ4v) is 31.3. The summed E-state index contributed by atoms with van der Waals surface area (Å²) in [5, 5.41) is 21.2. The summed E-state index contributed by atoms with van der Waals surface area (Å²) in [5.41, 5.74) is 14.1. The van der Waals surface area contributed by atoms with Gasteiger partial charge in [-0.15, -0.1) is 0 Å². The third kappa shape index (κ3) is 11.6. The van der Waals surface area contributed by atoms with Crippen LogP contribution in [0.2, 0.25) is 0 Å². The van der Waals surface area contributed by atoms with E-state index in [9.17, 15) is 0 Å². The molecule has 0 saturated carbocycles. The van der Waals surface area contributed by atoms with E-state index in [-0.39, 0.29) is 0 Å². The molecule has 24 aromatic rings. The zero-order valence-electron chi connectivity index (χ0n) is 62.7. The maximum atomic E-state index is 6.69. The third-order valence-electron chi connectivity index (χ3n) is 22.8. The molecule has 0 spiro atoms. The van der Waals surface area contributed by atoms with E-state index in [1.807, 2.05) is 12.1 Å². The van der Waals surface area contributed by atoms with Crippen LogP contribution in [0.5, 0.6) is 0 Å². The molecule has 0 aliphatic carbocycles. The summed E-state index contributed by atoms with van der Waals surface area (Å²) in [7, 11) is 0. The first-order valence-corrected chi connectivity index (χ1v) is 49.7. The number of nitrogens with zero attached hydrogens (tertiary/aromatic N) is 9. The van der Waals surface area contributed by atoms with Crippen LogP contribution < -0.4 is 47.7 Å². The van der Waals surface area contributed by atoms with Gasteiger partial charge in [-0.05, 0) is 52.3 Å². The summed E-state index contributed by atoms with van der Waals surface area (Å²) in [6, 6.07) is 140. The average Bonchev–Trinajstić information content (AvgIpc) is 1.68. The Morgan fingerprint density at radius 3 is 1.00 bits per heavy atom. The van der Waals surface area contributed by atoms with Gasteiger partial charge in [-0.25, -0.2) is 9.97 Å². The van der Waals surface area contributed by atoms with Crippen LogP contribution in [0.1, 0.15) is 0 Å². The molecule has 0 aliphatic rings. The molecule has 0 fully saturated rings. The number of imidazole rings is 3. The zero-order chi connectivity index (χ0) is 77.9. The SMILES string of the molecule is S=P(c1ccccc1)(c1ccccc1)c1ccc2c3nc4ccccc4cc3c3nc4ccccc4n3c2c1.[Se]=P(c1ccccc1)(c1ccccc1)c1ccc2c(c1)c1nc3ccccc3cc1c1nc3ccccc3n21.[Se]=P(c1ccccc1)(c1ccccc1)c1cccc2c3nc4ccccc4cc3c3nc4ccccc4n3c12. The number of hydrogen-bond acceptors (Lipinski definition) is 7. The van der Waals surface area contributed by atoms with Crippen LogP contribution in [0.4, 0.5) is 0 Å². The van der Waals surface area contributed by atoms with Gasteiger partial charge in [-0.1, -0.05) is 109 Å². The minimum absolute atomic E-state index is 0.918. The van der Waals surface area contributed by atoms with E-state index < -0.39 is 17.1 Å². The second-order valence-electron chi connectivity index (χ2n) is 29.4. The summed E-state index contributed by atoms with van der Waals surface area (Å²) >= 11 is 14.2. The molecule has 9 heterocycles. The normalized spacial score (nSPS) is 12.2. The van der Waals surface area contributed by atoms with Crippen molar-refractivity contribution in [3.05, 3.63) is 400 Å². The van der Waals surface area contributed by atoms with Gasteiger partial charge in [0.05, 0.1) is 27.6 Å². The van der Waals surface area contributed by atoms with Crippen LogP contribution in [0.15, 0.2) is 400 Å². The second kappa shape index (κ2) is 28.7. The van der Waals surface area contributed by atoms with Crippen molar-refractivity contribution in [3.8, 4) is 0 Å². The fourth-order valence-electron chi connectivity index (χ4n) is 17.4.